The molecule has 0 spiro atoms. The van der Waals surface area contributed by atoms with Crippen molar-refractivity contribution in [2.45, 2.75) is 37.8 Å². The predicted molar refractivity (Wildman–Crippen MR) is 70.8 cm³/mol. The van der Waals surface area contributed by atoms with Crippen molar-refractivity contribution in [2.24, 2.45) is 5.73 Å². The molecule has 108 valence electrons. The van der Waals surface area contributed by atoms with Crippen molar-refractivity contribution in [3.8, 4) is 0 Å². The summed E-state index contributed by atoms with van der Waals surface area (Å²) in [4.78, 5) is 22.0. The van der Waals surface area contributed by atoms with E-state index in [2.05, 4.69) is 5.32 Å². The van der Waals surface area contributed by atoms with Crippen molar-refractivity contribution in [1.82, 2.24) is 5.32 Å². The van der Waals surface area contributed by atoms with Crippen molar-refractivity contribution in [3.63, 3.8) is 0 Å². The molecule has 1 aromatic carbocycles. The van der Waals surface area contributed by atoms with Crippen molar-refractivity contribution in [3.05, 3.63) is 39.7 Å². The number of rotatable bonds is 3. The standard InChI is InChI=1S/C13H16FN3O3/c14-10-6-5-8(17(19)20)7-9(10)13(18)16-12-4-2-1-3-11(12)15/h5-7,11-12H,1-4,15H2,(H,16,18). The summed E-state index contributed by atoms with van der Waals surface area (Å²) in [6, 6.07) is 2.52. The Labute approximate surface area is 115 Å². The molecule has 0 aliphatic heterocycles. The summed E-state index contributed by atoms with van der Waals surface area (Å²) in [7, 11) is 0. The molecular weight excluding hydrogens is 265 g/mol. The summed E-state index contributed by atoms with van der Waals surface area (Å²) < 4.78 is 13.6. The van der Waals surface area contributed by atoms with Crippen LogP contribution in [0, 0.1) is 15.9 Å². The summed E-state index contributed by atoms with van der Waals surface area (Å²) in [5, 5.41) is 13.3. The number of hydrogen-bond acceptors (Lipinski definition) is 4. The Kier molecular flexibility index (Phi) is 4.29. The van der Waals surface area contributed by atoms with E-state index < -0.39 is 16.6 Å². The van der Waals surface area contributed by atoms with Crippen LogP contribution in [0.4, 0.5) is 10.1 Å². The van der Waals surface area contributed by atoms with Gasteiger partial charge in [0.25, 0.3) is 11.6 Å². The highest BCUT2D eigenvalue weighted by molar-refractivity contribution is 5.95. The summed E-state index contributed by atoms with van der Waals surface area (Å²) in [6.45, 7) is 0. The number of nitrogens with zero attached hydrogens (tertiary/aromatic N) is 1. The van der Waals surface area contributed by atoms with E-state index >= 15 is 0 Å². The van der Waals surface area contributed by atoms with Gasteiger partial charge in [0.2, 0.25) is 0 Å². The van der Waals surface area contributed by atoms with Crippen LogP contribution in [-0.4, -0.2) is 22.9 Å². The molecular formula is C13H16FN3O3. The van der Waals surface area contributed by atoms with E-state index in [0.29, 0.717) is 0 Å². The van der Waals surface area contributed by atoms with Crippen molar-refractivity contribution in [2.75, 3.05) is 0 Å². The molecule has 0 heterocycles. The number of non-ortho nitro benzene ring substituents is 1. The number of halogens is 1. The lowest BCUT2D eigenvalue weighted by molar-refractivity contribution is -0.384. The van der Waals surface area contributed by atoms with Gasteiger partial charge in [0.15, 0.2) is 0 Å². The first kappa shape index (κ1) is 14.4. The lowest BCUT2D eigenvalue weighted by Gasteiger charge is -2.29. The van der Waals surface area contributed by atoms with Gasteiger partial charge in [-0.25, -0.2) is 4.39 Å². The second-order valence-electron chi connectivity index (χ2n) is 4.95. The smallest absolute Gasteiger partial charge is 0.270 e. The van der Waals surface area contributed by atoms with E-state index in [1.165, 1.54) is 0 Å². The summed E-state index contributed by atoms with van der Waals surface area (Å²) in [6.07, 6.45) is 3.51. The lowest BCUT2D eigenvalue weighted by Crippen LogP contribution is -2.49. The molecule has 6 nitrogen and oxygen atoms in total. The van der Waals surface area contributed by atoms with Crippen LogP contribution in [0.1, 0.15) is 36.0 Å². The van der Waals surface area contributed by atoms with Crippen LogP contribution < -0.4 is 11.1 Å². The summed E-state index contributed by atoms with van der Waals surface area (Å²) >= 11 is 0. The van der Waals surface area contributed by atoms with Crippen LogP contribution in [-0.2, 0) is 0 Å². The van der Waals surface area contributed by atoms with Gasteiger partial charge < -0.3 is 11.1 Å². The van der Waals surface area contributed by atoms with Crippen molar-refractivity contribution < 1.29 is 14.1 Å². The van der Waals surface area contributed by atoms with Gasteiger partial charge in [0.05, 0.1) is 10.5 Å². The maximum Gasteiger partial charge on any atom is 0.270 e. The topological polar surface area (TPSA) is 98.3 Å². The zero-order valence-electron chi connectivity index (χ0n) is 10.8. The molecule has 7 heteroatoms. The Hall–Kier alpha value is -2.02. The van der Waals surface area contributed by atoms with Crippen LogP contribution in [0.2, 0.25) is 0 Å². The quantitative estimate of drug-likeness (QED) is 0.651. The number of nitro benzene ring substituents is 1. The first-order valence-electron chi connectivity index (χ1n) is 6.49. The molecule has 2 atom stereocenters. The summed E-state index contributed by atoms with van der Waals surface area (Å²) in [5.74, 6) is -1.44. The van der Waals surface area contributed by atoms with Crippen LogP contribution in [0.15, 0.2) is 18.2 Å². The molecule has 2 rings (SSSR count). The van der Waals surface area contributed by atoms with Gasteiger partial charge in [-0.15, -0.1) is 0 Å². The average molecular weight is 281 g/mol. The molecule has 2 unspecified atom stereocenters. The third-order valence-electron chi connectivity index (χ3n) is 3.54. The van der Waals surface area contributed by atoms with Crippen LogP contribution >= 0.6 is 0 Å². The molecule has 1 aliphatic rings. The fourth-order valence-corrected chi connectivity index (χ4v) is 2.39. The van der Waals surface area contributed by atoms with Gasteiger partial charge >= 0.3 is 0 Å². The highest BCUT2D eigenvalue weighted by Crippen LogP contribution is 2.20. The largest absolute Gasteiger partial charge is 0.348 e. The number of nitrogens with one attached hydrogen (secondary N) is 1. The summed E-state index contributed by atoms with van der Waals surface area (Å²) in [5.41, 5.74) is 5.27. The molecule has 1 saturated carbocycles. The van der Waals surface area contributed by atoms with E-state index in [9.17, 15) is 19.3 Å². The number of amides is 1. The molecule has 0 bridgehead atoms. The number of benzene rings is 1. The monoisotopic (exact) mass is 281 g/mol. The van der Waals surface area contributed by atoms with Gasteiger partial charge in [-0.1, -0.05) is 12.8 Å². The number of nitro groups is 1. The SMILES string of the molecule is NC1CCCCC1NC(=O)c1cc([N+](=O)[O-])ccc1F. The Balaban J connectivity index is 2.16. The maximum atomic E-state index is 13.6. The Morgan fingerprint density at radius 3 is 2.75 bits per heavy atom. The average Bonchev–Trinajstić information content (AvgIpc) is 2.41. The molecule has 1 amide bonds. The van der Waals surface area contributed by atoms with Gasteiger partial charge in [0.1, 0.15) is 5.82 Å². The van der Waals surface area contributed by atoms with E-state index in [-0.39, 0.29) is 23.3 Å². The lowest BCUT2D eigenvalue weighted by atomic mass is 9.91. The highest BCUT2D eigenvalue weighted by atomic mass is 19.1. The Morgan fingerprint density at radius 1 is 1.40 bits per heavy atom. The van der Waals surface area contributed by atoms with E-state index in [4.69, 9.17) is 5.73 Å². The van der Waals surface area contributed by atoms with E-state index in [0.717, 1.165) is 43.9 Å². The second-order valence-corrected chi connectivity index (χ2v) is 4.95. The van der Waals surface area contributed by atoms with Gasteiger partial charge in [-0.2, -0.15) is 0 Å². The zero-order valence-corrected chi connectivity index (χ0v) is 10.8. The molecule has 20 heavy (non-hydrogen) atoms. The minimum atomic E-state index is -0.780. The first-order valence-corrected chi connectivity index (χ1v) is 6.49. The predicted octanol–water partition coefficient (Wildman–Crippen LogP) is 1.73. The highest BCUT2D eigenvalue weighted by Gasteiger charge is 2.25. The van der Waals surface area contributed by atoms with Crippen molar-refractivity contribution >= 4 is 11.6 Å². The Morgan fingerprint density at radius 2 is 2.10 bits per heavy atom. The first-order chi connectivity index (χ1) is 9.49. The van der Waals surface area contributed by atoms with Gasteiger partial charge in [0, 0.05) is 24.2 Å². The number of carbonyl (C=O) groups is 1. The molecule has 0 saturated heterocycles. The minimum Gasteiger partial charge on any atom is -0.348 e. The number of carbonyl (C=O) groups excluding carboxylic acids is 1. The zero-order chi connectivity index (χ0) is 14.7. The van der Waals surface area contributed by atoms with Gasteiger partial charge in [-0.05, 0) is 18.9 Å². The van der Waals surface area contributed by atoms with Gasteiger partial charge in [-0.3, -0.25) is 14.9 Å². The second kappa shape index (κ2) is 5.96. The fraction of sp³-hybridized carbons (Fsp3) is 0.462. The molecule has 3 N–H and O–H groups in total. The van der Waals surface area contributed by atoms with E-state index in [1.54, 1.807) is 0 Å². The molecule has 1 aromatic rings. The fourth-order valence-electron chi connectivity index (χ4n) is 2.39. The number of hydrogen-bond donors (Lipinski definition) is 2. The van der Waals surface area contributed by atoms with Crippen LogP contribution in [0.25, 0.3) is 0 Å². The van der Waals surface area contributed by atoms with Crippen LogP contribution in [0.3, 0.4) is 0 Å². The van der Waals surface area contributed by atoms with Crippen molar-refractivity contribution in [1.29, 1.82) is 0 Å². The molecule has 1 fully saturated rings. The molecule has 0 aromatic heterocycles. The van der Waals surface area contributed by atoms with E-state index in [1.807, 2.05) is 0 Å². The number of nitrogens with two attached hydrogens (primary N) is 1. The minimum absolute atomic E-state index is 0.158. The molecule has 1 aliphatic carbocycles. The normalized spacial score (nSPS) is 22.3. The third kappa shape index (κ3) is 3.11. The molecule has 0 radical (unpaired) electrons. The Bertz CT molecular complexity index is 536. The van der Waals surface area contributed by atoms with Crippen LogP contribution in [0.5, 0.6) is 0 Å². The third-order valence-corrected chi connectivity index (χ3v) is 3.54. The maximum absolute atomic E-state index is 13.6.